The van der Waals surface area contributed by atoms with Gasteiger partial charge in [-0.1, -0.05) is 0 Å². The molecular weight excluding hydrogens is 172 g/mol. The van der Waals surface area contributed by atoms with Crippen molar-refractivity contribution in [2.45, 2.75) is 0 Å². The molecule has 0 aromatic carbocycles. The SMILES string of the molecule is O=COC(=O)C(C(=O)O)C(=O)O. The van der Waals surface area contributed by atoms with Crippen molar-refractivity contribution in [2.75, 3.05) is 0 Å². The van der Waals surface area contributed by atoms with Gasteiger partial charge in [-0.3, -0.25) is 14.4 Å². The summed E-state index contributed by atoms with van der Waals surface area (Å²) in [4.78, 5) is 40.1. The summed E-state index contributed by atoms with van der Waals surface area (Å²) in [5.74, 6) is -7.73. The zero-order chi connectivity index (χ0) is 9.72. The van der Waals surface area contributed by atoms with Crippen LogP contribution in [0.3, 0.4) is 0 Å². The molecule has 0 bridgehead atoms. The topological polar surface area (TPSA) is 118 Å². The largest absolute Gasteiger partial charge is 0.480 e. The highest BCUT2D eigenvalue weighted by atomic mass is 16.6. The van der Waals surface area contributed by atoms with Gasteiger partial charge in [-0.05, 0) is 0 Å². The number of ether oxygens (including phenoxy) is 1. The van der Waals surface area contributed by atoms with Crippen molar-refractivity contribution < 1.29 is 34.1 Å². The summed E-state index contributed by atoms with van der Waals surface area (Å²) in [6, 6.07) is 0. The average molecular weight is 176 g/mol. The summed E-state index contributed by atoms with van der Waals surface area (Å²) < 4.78 is 3.55. The van der Waals surface area contributed by atoms with Crippen LogP contribution >= 0.6 is 0 Å². The number of hydrogen-bond donors (Lipinski definition) is 2. The molecule has 0 aliphatic heterocycles. The Morgan fingerprint density at radius 2 is 1.58 bits per heavy atom. The van der Waals surface area contributed by atoms with E-state index in [4.69, 9.17) is 10.2 Å². The van der Waals surface area contributed by atoms with Crippen molar-refractivity contribution in [3.63, 3.8) is 0 Å². The van der Waals surface area contributed by atoms with Crippen LogP contribution in [0.4, 0.5) is 0 Å². The van der Waals surface area contributed by atoms with Gasteiger partial charge in [0.25, 0.3) is 5.92 Å². The molecule has 12 heavy (non-hydrogen) atoms. The summed E-state index contributed by atoms with van der Waals surface area (Å²) in [7, 11) is 0. The fourth-order valence-electron chi connectivity index (χ4n) is 0.423. The maximum atomic E-state index is 10.4. The summed E-state index contributed by atoms with van der Waals surface area (Å²) >= 11 is 0. The lowest BCUT2D eigenvalue weighted by Crippen LogP contribution is -2.32. The summed E-state index contributed by atoms with van der Waals surface area (Å²) in [5, 5.41) is 16.3. The highest BCUT2D eigenvalue weighted by molar-refractivity contribution is 6.12. The van der Waals surface area contributed by atoms with Crippen molar-refractivity contribution in [3.05, 3.63) is 0 Å². The van der Waals surface area contributed by atoms with Crippen molar-refractivity contribution >= 4 is 24.4 Å². The van der Waals surface area contributed by atoms with Gasteiger partial charge < -0.3 is 14.9 Å². The maximum absolute atomic E-state index is 10.4. The van der Waals surface area contributed by atoms with E-state index >= 15 is 0 Å². The second kappa shape index (κ2) is 4.06. The van der Waals surface area contributed by atoms with E-state index in [0.29, 0.717) is 0 Å². The number of aliphatic carboxylic acids is 2. The molecule has 0 radical (unpaired) electrons. The van der Waals surface area contributed by atoms with Gasteiger partial charge in [0.05, 0.1) is 0 Å². The third-order valence-corrected chi connectivity index (χ3v) is 0.894. The molecule has 0 rings (SSSR count). The van der Waals surface area contributed by atoms with Gasteiger partial charge in [0, 0.05) is 0 Å². The molecular formula is C5H4O7. The molecule has 0 aromatic heterocycles. The van der Waals surface area contributed by atoms with Gasteiger partial charge in [0.2, 0.25) is 0 Å². The molecule has 0 unspecified atom stereocenters. The molecule has 7 nitrogen and oxygen atoms in total. The van der Waals surface area contributed by atoms with Crippen LogP contribution < -0.4 is 0 Å². The Morgan fingerprint density at radius 3 is 1.83 bits per heavy atom. The van der Waals surface area contributed by atoms with Crippen LogP contribution in [0.2, 0.25) is 0 Å². The Kier molecular flexibility index (Phi) is 3.41. The van der Waals surface area contributed by atoms with Crippen LogP contribution in [0.15, 0.2) is 0 Å². The molecule has 2 N–H and O–H groups in total. The smallest absolute Gasteiger partial charge is 0.339 e. The summed E-state index contributed by atoms with van der Waals surface area (Å²) in [5.41, 5.74) is 0. The van der Waals surface area contributed by atoms with E-state index in [1.54, 1.807) is 0 Å². The summed E-state index contributed by atoms with van der Waals surface area (Å²) in [6.45, 7) is -0.332. The van der Waals surface area contributed by atoms with Crippen molar-refractivity contribution in [3.8, 4) is 0 Å². The maximum Gasteiger partial charge on any atom is 0.339 e. The van der Waals surface area contributed by atoms with Gasteiger partial charge in [0.1, 0.15) is 0 Å². The minimum Gasteiger partial charge on any atom is -0.480 e. The molecule has 66 valence electrons. The zero-order valence-electron chi connectivity index (χ0n) is 5.59. The second-order valence-corrected chi connectivity index (χ2v) is 1.64. The Bertz CT molecular complexity index is 216. The Balaban J connectivity index is 4.51. The fourth-order valence-corrected chi connectivity index (χ4v) is 0.423. The van der Waals surface area contributed by atoms with Gasteiger partial charge in [0.15, 0.2) is 0 Å². The molecule has 0 amide bonds. The molecule has 0 aliphatic carbocycles. The van der Waals surface area contributed by atoms with Crippen LogP contribution in [-0.2, 0) is 23.9 Å². The highest BCUT2D eigenvalue weighted by Gasteiger charge is 2.35. The number of carboxylic acids is 2. The van der Waals surface area contributed by atoms with Crippen LogP contribution in [0.25, 0.3) is 0 Å². The average Bonchev–Trinajstić information content (AvgIpc) is 1.85. The predicted octanol–water partition coefficient (Wildman–Crippen LogP) is -1.53. The van der Waals surface area contributed by atoms with Crippen LogP contribution in [0.5, 0.6) is 0 Å². The fraction of sp³-hybridized carbons (Fsp3) is 0.200. The molecule has 0 aromatic rings. The minimum atomic E-state index is -2.35. The minimum absolute atomic E-state index is 0.332. The van der Waals surface area contributed by atoms with E-state index in [-0.39, 0.29) is 6.47 Å². The lowest BCUT2D eigenvalue weighted by atomic mass is 10.1. The van der Waals surface area contributed by atoms with Crippen LogP contribution in [0.1, 0.15) is 0 Å². The van der Waals surface area contributed by atoms with Gasteiger partial charge >= 0.3 is 24.4 Å². The first-order valence-electron chi connectivity index (χ1n) is 2.60. The first-order chi connectivity index (χ1) is 5.50. The first kappa shape index (κ1) is 10.1. The Morgan fingerprint density at radius 1 is 1.17 bits per heavy atom. The predicted molar refractivity (Wildman–Crippen MR) is 30.9 cm³/mol. The van der Waals surface area contributed by atoms with Crippen LogP contribution in [-0.4, -0.2) is 34.6 Å². The van der Waals surface area contributed by atoms with E-state index in [0.717, 1.165) is 0 Å². The van der Waals surface area contributed by atoms with E-state index in [1.165, 1.54) is 0 Å². The Labute approximate surface area is 65.5 Å². The lowest BCUT2D eigenvalue weighted by Gasteiger charge is -2.01. The first-order valence-corrected chi connectivity index (χ1v) is 2.60. The third kappa shape index (κ3) is 2.37. The quantitative estimate of drug-likeness (QED) is 0.303. The Hall–Kier alpha value is -1.92. The van der Waals surface area contributed by atoms with Crippen molar-refractivity contribution in [1.82, 2.24) is 0 Å². The number of esters is 1. The normalized spacial score (nSPS) is 9.08. The van der Waals surface area contributed by atoms with E-state index in [2.05, 4.69) is 4.74 Å². The molecule has 0 atom stereocenters. The second-order valence-electron chi connectivity index (χ2n) is 1.64. The molecule has 0 fully saturated rings. The standard InChI is InChI=1S/C5H4O7/c6-1-12-5(11)2(3(7)8)4(9)10/h1-2H,(H,7,8)(H,9,10). The van der Waals surface area contributed by atoms with Crippen molar-refractivity contribution in [2.24, 2.45) is 5.92 Å². The van der Waals surface area contributed by atoms with Gasteiger partial charge in [-0.15, -0.1) is 0 Å². The van der Waals surface area contributed by atoms with E-state index in [9.17, 15) is 19.2 Å². The highest BCUT2D eigenvalue weighted by Crippen LogP contribution is 1.99. The molecule has 7 heteroatoms. The number of carbonyl (C=O) groups excluding carboxylic acids is 2. The summed E-state index contributed by atoms with van der Waals surface area (Å²) in [6.07, 6.45) is 0. The molecule has 0 spiro atoms. The molecule has 0 aliphatic rings. The van der Waals surface area contributed by atoms with Gasteiger partial charge in [-0.2, -0.15) is 0 Å². The molecule has 0 heterocycles. The zero-order valence-corrected chi connectivity index (χ0v) is 5.59. The van der Waals surface area contributed by atoms with Crippen LogP contribution in [0, 0.1) is 5.92 Å². The number of carboxylic acid groups (broad SMARTS) is 2. The van der Waals surface area contributed by atoms with E-state index < -0.39 is 23.8 Å². The molecule has 0 saturated heterocycles. The lowest BCUT2D eigenvalue weighted by molar-refractivity contribution is -0.167. The third-order valence-electron chi connectivity index (χ3n) is 0.894. The van der Waals surface area contributed by atoms with E-state index in [1.807, 2.05) is 0 Å². The number of rotatable bonds is 4. The van der Waals surface area contributed by atoms with Crippen molar-refractivity contribution in [1.29, 1.82) is 0 Å². The number of carbonyl (C=O) groups is 4. The van der Waals surface area contributed by atoms with Gasteiger partial charge in [-0.25, -0.2) is 4.79 Å². The molecule has 0 saturated carbocycles. The number of hydrogen-bond acceptors (Lipinski definition) is 5. The monoisotopic (exact) mass is 176 g/mol.